The summed E-state index contributed by atoms with van der Waals surface area (Å²) < 4.78 is 12.9. The molecule has 0 bridgehead atoms. The van der Waals surface area contributed by atoms with E-state index in [0.717, 1.165) is 24.8 Å². The Balaban J connectivity index is 2.95. The monoisotopic (exact) mass is 197 g/mol. The molecule has 1 atom stereocenters. The summed E-state index contributed by atoms with van der Waals surface area (Å²) >= 11 is 0. The molecule has 1 aliphatic carbocycles. The third-order valence-corrected chi connectivity index (χ3v) is 2.28. The Morgan fingerprint density at radius 3 is 2.93 bits per heavy atom. The minimum absolute atomic E-state index is 0.409. The first-order chi connectivity index (χ1) is 6.65. The van der Waals surface area contributed by atoms with Gasteiger partial charge in [-0.05, 0) is 31.8 Å². The van der Waals surface area contributed by atoms with Crippen molar-refractivity contribution in [3.63, 3.8) is 0 Å². The molecule has 0 amide bonds. The van der Waals surface area contributed by atoms with E-state index < -0.39 is 12.1 Å². The van der Waals surface area contributed by atoms with Gasteiger partial charge in [-0.15, -0.1) is 0 Å². The van der Waals surface area contributed by atoms with Crippen LogP contribution in [0.1, 0.15) is 26.2 Å². The largest absolute Gasteiger partial charge is 0.389 e. The van der Waals surface area contributed by atoms with Crippen molar-refractivity contribution in [2.45, 2.75) is 32.3 Å². The number of allylic oxidation sites excluding steroid dienone is 4. The maximum atomic E-state index is 12.9. The molecule has 0 heterocycles. The molecule has 0 aromatic heterocycles. The van der Waals surface area contributed by atoms with E-state index in [-0.39, 0.29) is 0 Å². The fourth-order valence-electron chi connectivity index (χ4n) is 1.63. The molecule has 1 unspecified atom stereocenters. The van der Waals surface area contributed by atoms with Crippen molar-refractivity contribution in [2.24, 2.45) is 5.73 Å². The Morgan fingerprint density at radius 2 is 2.43 bits per heavy atom. The topological polar surface area (TPSA) is 46.2 Å². The third-order valence-electron chi connectivity index (χ3n) is 2.28. The molecule has 0 radical (unpaired) electrons. The molecule has 14 heavy (non-hydrogen) atoms. The zero-order chi connectivity index (χ0) is 10.6. The molecule has 3 heteroatoms. The SMILES string of the molecule is C/C=C\C(C1=CC(O)CCC1)=C(/N)F. The average molecular weight is 197 g/mol. The van der Waals surface area contributed by atoms with Crippen LogP contribution in [0.25, 0.3) is 0 Å². The van der Waals surface area contributed by atoms with Gasteiger partial charge in [-0.1, -0.05) is 18.2 Å². The lowest BCUT2D eigenvalue weighted by atomic mass is 9.92. The zero-order valence-electron chi connectivity index (χ0n) is 8.33. The molecule has 1 rings (SSSR count). The highest BCUT2D eigenvalue weighted by Gasteiger charge is 2.14. The highest BCUT2D eigenvalue weighted by molar-refractivity contribution is 5.42. The van der Waals surface area contributed by atoms with Crippen molar-refractivity contribution in [2.75, 3.05) is 0 Å². The molecule has 1 aliphatic rings. The number of hydrogen-bond donors (Lipinski definition) is 2. The number of aliphatic hydroxyl groups is 1. The standard InChI is InChI=1S/C11H16FNO/c1-2-4-10(11(12)13)8-5-3-6-9(14)7-8/h2,4,7,9,14H,3,5-6,13H2,1H3/b4-2-,11-10+. The Bertz CT molecular complexity index is 288. The molecule has 78 valence electrons. The Morgan fingerprint density at radius 1 is 1.71 bits per heavy atom. The fourth-order valence-corrected chi connectivity index (χ4v) is 1.63. The summed E-state index contributed by atoms with van der Waals surface area (Å²) in [6.45, 7) is 1.81. The van der Waals surface area contributed by atoms with Gasteiger partial charge in [0.05, 0.1) is 6.10 Å². The molecule has 0 saturated heterocycles. The summed E-state index contributed by atoms with van der Waals surface area (Å²) in [5.74, 6) is -0.677. The normalized spacial score (nSPS) is 24.8. The second kappa shape index (κ2) is 4.96. The molecule has 2 nitrogen and oxygen atoms in total. The van der Waals surface area contributed by atoms with Crippen LogP contribution in [0.3, 0.4) is 0 Å². The van der Waals surface area contributed by atoms with Crippen LogP contribution in [0.5, 0.6) is 0 Å². The smallest absolute Gasteiger partial charge is 0.192 e. The lowest BCUT2D eigenvalue weighted by Gasteiger charge is -2.17. The van der Waals surface area contributed by atoms with Gasteiger partial charge in [0, 0.05) is 5.57 Å². The van der Waals surface area contributed by atoms with Crippen LogP contribution in [-0.2, 0) is 0 Å². The van der Waals surface area contributed by atoms with Gasteiger partial charge in [0.2, 0.25) is 0 Å². The highest BCUT2D eigenvalue weighted by atomic mass is 19.1. The molecule has 0 aromatic rings. The van der Waals surface area contributed by atoms with Crippen molar-refractivity contribution in [3.05, 3.63) is 35.3 Å². The number of hydrogen-bond acceptors (Lipinski definition) is 2. The Labute approximate surface area is 83.6 Å². The van der Waals surface area contributed by atoms with Gasteiger partial charge < -0.3 is 10.8 Å². The van der Waals surface area contributed by atoms with Crippen LogP contribution in [0.4, 0.5) is 4.39 Å². The first-order valence-corrected chi connectivity index (χ1v) is 4.82. The number of rotatable bonds is 2. The lowest BCUT2D eigenvalue weighted by molar-refractivity contribution is 0.202. The van der Waals surface area contributed by atoms with Gasteiger partial charge in [-0.3, -0.25) is 0 Å². The Hall–Kier alpha value is -1.09. The Kier molecular flexibility index (Phi) is 3.89. The van der Waals surface area contributed by atoms with E-state index in [1.807, 2.05) is 6.92 Å². The molecule has 0 fully saturated rings. The summed E-state index contributed by atoms with van der Waals surface area (Å²) in [5, 5.41) is 9.39. The van der Waals surface area contributed by atoms with E-state index in [1.165, 1.54) is 0 Å². The molecule has 0 aliphatic heterocycles. The maximum Gasteiger partial charge on any atom is 0.192 e. The van der Waals surface area contributed by atoms with E-state index in [0.29, 0.717) is 5.57 Å². The van der Waals surface area contributed by atoms with Crippen molar-refractivity contribution >= 4 is 0 Å². The lowest BCUT2D eigenvalue weighted by Crippen LogP contribution is -2.11. The summed E-state index contributed by atoms with van der Waals surface area (Å²) in [5.41, 5.74) is 6.35. The number of aliphatic hydroxyl groups excluding tert-OH is 1. The predicted octanol–water partition coefficient (Wildman–Crippen LogP) is 2.17. The van der Waals surface area contributed by atoms with Crippen molar-refractivity contribution < 1.29 is 9.50 Å². The van der Waals surface area contributed by atoms with Gasteiger partial charge in [-0.25, -0.2) is 0 Å². The van der Waals surface area contributed by atoms with E-state index in [4.69, 9.17) is 5.73 Å². The summed E-state index contributed by atoms with van der Waals surface area (Å²) in [6, 6.07) is 0. The van der Waals surface area contributed by atoms with E-state index in [1.54, 1.807) is 18.2 Å². The van der Waals surface area contributed by atoms with Crippen molar-refractivity contribution in [3.8, 4) is 0 Å². The molecule has 0 spiro atoms. The van der Waals surface area contributed by atoms with Crippen LogP contribution >= 0.6 is 0 Å². The zero-order valence-corrected chi connectivity index (χ0v) is 8.33. The van der Waals surface area contributed by atoms with Crippen LogP contribution in [0.15, 0.2) is 35.3 Å². The van der Waals surface area contributed by atoms with Gasteiger partial charge in [-0.2, -0.15) is 4.39 Å². The van der Waals surface area contributed by atoms with Gasteiger partial charge >= 0.3 is 0 Å². The van der Waals surface area contributed by atoms with Crippen LogP contribution in [0, 0.1) is 0 Å². The van der Waals surface area contributed by atoms with Crippen molar-refractivity contribution in [1.29, 1.82) is 0 Å². The predicted molar refractivity (Wildman–Crippen MR) is 55.1 cm³/mol. The first kappa shape index (κ1) is 11.0. The second-order valence-electron chi connectivity index (χ2n) is 3.41. The summed E-state index contributed by atoms with van der Waals surface area (Å²) in [4.78, 5) is 0. The molecule has 0 saturated carbocycles. The third kappa shape index (κ3) is 2.70. The highest BCUT2D eigenvalue weighted by Crippen LogP contribution is 2.26. The second-order valence-corrected chi connectivity index (χ2v) is 3.41. The van der Waals surface area contributed by atoms with Crippen LogP contribution < -0.4 is 5.73 Å². The molecule has 0 aromatic carbocycles. The maximum absolute atomic E-state index is 12.9. The number of nitrogens with two attached hydrogens (primary N) is 1. The van der Waals surface area contributed by atoms with Crippen LogP contribution in [0.2, 0.25) is 0 Å². The molecular formula is C11H16FNO. The van der Waals surface area contributed by atoms with E-state index >= 15 is 0 Å². The van der Waals surface area contributed by atoms with Gasteiger partial charge in [0.15, 0.2) is 5.95 Å². The van der Waals surface area contributed by atoms with Gasteiger partial charge in [0.1, 0.15) is 0 Å². The fraction of sp³-hybridized carbons (Fsp3) is 0.455. The minimum Gasteiger partial charge on any atom is -0.389 e. The van der Waals surface area contributed by atoms with Crippen molar-refractivity contribution in [1.82, 2.24) is 0 Å². The van der Waals surface area contributed by atoms with E-state index in [9.17, 15) is 9.50 Å². The first-order valence-electron chi connectivity index (χ1n) is 4.82. The minimum atomic E-state index is -0.677. The molecule has 3 N–H and O–H groups in total. The van der Waals surface area contributed by atoms with Crippen LogP contribution in [-0.4, -0.2) is 11.2 Å². The quantitative estimate of drug-likeness (QED) is 0.526. The van der Waals surface area contributed by atoms with E-state index in [2.05, 4.69) is 0 Å². The van der Waals surface area contributed by atoms with Gasteiger partial charge in [0.25, 0.3) is 0 Å². The molecular weight excluding hydrogens is 181 g/mol. The number of halogens is 1. The average Bonchev–Trinajstić information content (AvgIpc) is 2.13. The summed E-state index contributed by atoms with van der Waals surface area (Å²) in [6.07, 6.45) is 7.01. The summed E-state index contributed by atoms with van der Waals surface area (Å²) in [7, 11) is 0.